The molecule has 0 saturated carbocycles. The molecule has 2 saturated heterocycles. The molecule has 2 fully saturated rings. The summed E-state index contributed by atoms with van der Waals surface area (Å²) in [5, 5.41) is 0.999. The molecule has 6 heteroatoms. The molecule has 3 heterocycles. The highest BCUT2D eigenvalue weighted by Gasteiger charge is 2.28. The van der Waals surface area contributed by atoms with Gasteiger partial charge in [-0.25, -0.2) is 0 Å². The molecule has 2 aliphatic heterocycles. The lowest BCUT2D eigenvalue weighted by molar-refractivity contribution is -0.131. The Morgan fingerprint density at radius 3 is 2.81 bits per heavy atom. The molecule has 0 bridgehead atoms. The minimum atomic E-state index is -0.110. The molecule has 0 radical (unpaired) electrons. The van der Waals surface area contributed by atoms with Crippen molar-refractivity contribution in [2.24, 2.45) is 0 Å². The highest BCUT2D eigenvalue weighted by molar-refractivity contribution is 6.06. The first-order valence-electron chi connectivity index (χ1n) is 9.47. The summed E-state index contributed by atoms with van der Waals surface area (Å²) in [5.74, 6) is -0.0754. The summed E-state index contributed by atoms with van der Waals surface area (Å²) in [5.41, 5.74) is 1.43. The van der Waals surface area contributed by atoms with Gasteiger partial charge in [0.25, 0.3) is 5.91 Å². The number of carbonyl (C=O) groups is 2. The van der Waals surface area contributed by atoms with Crippen molar-refractivity contribution >= 4 is 22.7 Å². The smallest absolute Gasteiger partial charge is 0.256 e. The normalized spacial score (nSPS) is 20.0. The van der Waals surface area contributed by atoms with Crippen molar-refractivity contribution in [3.8, 4) is 0 Å². The van der Waals surface area contributed by atoms with Gasteiger partial charge in [-0.1, -0.05) is 12.1 Å². The number of amides is 2. The third-order valence-corrected chi connectivity index (χ3v) is 5.34. The van der Waals surface area contributed by atoms with E-state index in [4.69, 9.17) is 4.74 Å². The lowest BCUT2D eigenvalue weighted by atomic mass is 10.1. The van der Waals surface area contributed by atoms with Crippen LogP contribution >= 0.6 is 0 Å². The first-order valence-corrected chi connectivity index (χ1v) is 9.47. The van der Waals surface area contributed by atoms with Gasteiger partial charge in [0.1, 0.15) is 6.54 Å². The minimum absolute atomic E-state index is 0.0215. The van der Waals surface area contributed by atoms with E-state index in [1.807, 2.05) is 35.4 Å². The average molecular weight is 355 g/mol. The SMILES string of the molecule is O=C(CN(CC1CCCO1)C(=O)c1cccc2cc[nH]c12)N1CCCC1. The van der Waals surface area contributed by atoms with Gasteiger partial charge in [-0.15, -0.1) is 0 Å². The van der Waals surface area contributed by atoms with Gasteiger partial charge >= 0.3 is 0 Å². The number of ether oxygens (including phenoxy) is 1. The predicted octanol–water partition coefficient (Wildman–Crippen LogP) is 2.41. The number of para-hydroxylation sites is 1. The molecule has 0 aliphatic carbocycles. The summed E-state index contributed by atoms with van der Waals surface area (Å²) in [6.45, 7) is 2.92. The molecule has 138 valence electrons. The fourth-order valence-corrected chi connectivity index (χ4v) is 3.92. The molecule has 1 unspecified atom stereocenters. The Labute approximate surface area is 153 Å². The van der Waals surface area contributed by atoms with Gasteiger partial charge < -0.3 is 19.5 Å². The van der Waals surface area contributed by atoms with E-state index in [1.54, 1.807) is 4.90 Å². The fourth-order valence-electron chi connectivity index (χ4n) is 3.92. The van der Waals surface area contributed by atoms with Gasteiger partial charge in [0.15, 0.2) is 0 Å². The van der Waals surface area contributed by atoms with Crippen LogP contribution in [0.3, 0.4) is 0 Å². The zero-order valence-corrected chi connectivity index (χ0v) is 14.9. The topological polar surface area (TPSA) is 65.6 Å². The van der Waals surface area contributed by atoms with Crippen LogP contribution in [0, 0.1) is 0 Å². The van der Waals surface area contributed by atoms with Crippen LogP contribution in [-0.2, 0) is 9.53 Å². The zero-order valence-electron chi connectivity index (χ0n) is 14.9. The summed E-state index contributed by atoms with van der Waals surface area (Å²) in [6.07, 6.45) is 5.91. The van der Waals surface area contributed by atoms with Crippen LogP contribution in [-0.4, -0.2) is 65.5 Å². The Kier molecular flexibility index (Phi) is 4.93. The van der Waals surface area contributed by atoms with Crippen LogP contribution in [0.15, 0.2) is 30.5 Å². The van der Waals surface area contributed by atoms with Crippen molar-refractivity contribution in [3.05, 3.63) is 36.0 Å². The van der Waals surface area contributed by atoms with Gasteiger partial charge in [0, 0.05) is 37.8 Å². The number of nitrogens with one attached hydrogen (secondary N) is 1. The van der Waals surface area contributed by atoms with Crippen LogP contribution in [0.4, 0.5) is 0 Å². The second-order valence-electron chi connectivity index (χ2n) is 7.16. The first kappa shape index (κ1) is 17.1. The van der Waals surface area contributed by atoms with Crippen molar-refractivity contribution in [1.29, 1.82) is 0 Å². The molecule has 1 atom stereocenters. The quantitative estimate of drug-likeness (QED) is 0.896. The van der Waals surface area contributed by atoms with Crippen molar-refractivity contribution in [2.45, 2.75) is 31.8 Å². The number of aromatic nitrogens is 1. The Hall–Kier alpha value is -2.34. The molecule has 1 aromatic carbocycles. The van der Waals surface area contributed by atoms with E-state index in [-0.39, 0.29) is 24.5 Å². The molecule has 2 aliphatic rings. The van der Waals surface area contributed by atoms with Crippen LogP contribution in [0.25, 0.3) is 10.9 Å². The molecular formula is C20H25N3O3. The summed E-state index contributed by atoms with van der Waals surface area (Å²) >= 11 is 0. The lowest BCUT2D eigenvalue weighted by Gasteiger charge is -2.27. The van der Waals surface area contributed by atoms with Crippen LogP contribution in [0.2, 0.25) is 0 Å². The molecule has 6 nitrogen and oxygen atoms in total. The number of fused-ring (bicyclic) bond motifs is 1. The zero-order chi connectivity index (χ0) is 17.9. The van der Waals surface area contributed by atoms with Gasteiger partial charge in [0.2, 0.25) is 5.91 Å². The fraction of sp³-hybridized carbons (Fsp3) is 0.500. The number of aromatic amines is 1. The van der Waals surface area contributed by atoms with E-state index in [0.717, 1.165) is 56.3 Å². The number of nitrogens with zero attached hydrogens (tertiary/aromatic N) is 2. The molecule has 1 aromatic heterocycles. The molecule has 1 N–H and O–H groups in total. The van der Waals surface area contributed by atoms with E-state index in [1.165, 1.54) is 0 Å². The number of rotatable bonds is 5. The second kappa shape index (κ2) is 7.50. The Morgan fingerprint density at radius 2 is 2.04 bits per heavy atom. The summed E-state index contributed by atoms with van der Waals surface area (Å²) in [4.78, 5) is 32.6. The number of benzene rings is 1. The standard InChI is InChI=1S/C20H25N3O3/c24-18(22-10-1-2-11-22)14-23(13-16-6-4-12-26-16)20(25)17-7-3-5-15-8-9-21-19(15)17/h3,5,7-9,16,21H,1-2,4,6,10-14H2. The molecule has 26 heavy (non-hydrogen) atoms. The Morgan fingerprint density at radius 1 is 1.19 bits per heavy atom. The van der Waals surface area contributed by atoms with Crippen molar-refractivity contribution in [3.63, 3.8) is 0 Å². The van der Waals surface area contributed by atoms with Gasteiger partial charge in [0.05, 0.1) is 17.2 Å². The number of H-pyrrole nitrogens is 1. The minimum Gasteiger partial charge on any atom is -0.376 e. The maximum atomic E-state index is 13.3. The van der Waals surface area contributed by atoms with E-state index < -0.39 is 0 Å². The monoisotopic (exact) mass is 355 g/mol. The third kappa shape index (κ3) is 3.46. The van der Waals surface area contributed by atoms with E-state index in [9.17, 15) is 9.59 Å². The number of likely N-dealkylation sites (tertiary alicyclic amines) is 1. The van der Waals surface area contributed by atoms with Crippen molar-refractivity contribution in [1.82, 2.24) is 14.8 Å². The highest BCUT2D eigenvalue weighted by Crippen LogP contribution is 2.21. The van der Waals surface area contributed by atoms with Crippen LogP contribution in [0.1, 0.15) is 36.0 Å². The summed E-state index contributed by atoms with van der Waals surface area (Å²) in [7, 11) is 0. The van der Waals surface area contributed by atoms with Crippen LogP contribution < -0.4 is 0 Å². The largest absolute Gasteiger partial charge is 0.376 e. The maximum absolute atomic E-state index is 13.3. The summed E-state index contributed by atoms with van der Waals surface area (Å²) < 4.78 is 5.72. The Bertz CT molecular complexity index is 788. The summed E-state index contributed by atoms with van der Waals surface area (Å²) in [6, 6.07) is 7.63. The van der Waals surface area contributed by atoms with E-state index in [2.05, 4.69) is 4.98 Å². The van der Waals surface area contributed by atoms with Crippen LogP contribution in [0.5, 0.6) is 0 Å². The van der Waals surface area contributed by atoms with E-state index in [0.29, 0.717) is 12.1 Å². The first-order chi connectivity index (χ1) is 12.7. The second-order valence-corrected chi connectivity index (χ2v) is 7.16. The lowest BCUT2D eigenvalue weighted by Crippen LogP contribution is -2.45. The predicted molar refractivity (Wildman–Crippen MR) is 99.0 cm³/mol. The highest BCUT2D eigenvalue weighted by atomic mass is 16.5. The maximum Gasteiger partial charge on any atom is 0.256 e. The van der Waals surface area contributed by atoms with E-state index >= 15 is 0 Å². The number of carbonyl (C=O) groups excluding carboxylic acids is 2. The van der Waals surface area contributed by atoms with Gasteiger partial charge in [-0.05, 0) is 37.8 Å². The van der Waals surface area contributed by atoms with Gasteiger partial charge in [-0.3, -0.25) is 9.59 Å². The van der Waals surface area contributed by atoms with Gasteiger partial charge in [-0.2, -0.15) is 0 Å². The molecule has 2 aromatic rings. The third-order valence-electron chi connectivity index (χ3n) is 5.34. The average Bonchev–Trinajstić information content (AvgIpc) is 3.41. The van der Waals surface area contributed by atoms with Crippen molar-refractivity contribution in [2.75, 3.05) is 32.8 Å². The number of hydrogen-bond acceptors (Lipinski definition) is 3. The van der Waals surface area contributed by atoms with Crippen molar-refractivity contribution < 1.29 is 14.3 Å². The Balaban J connectivity index is 1.57. The molecule has 0 spiro atoms. The number of hydrogen-bond donors (Lipinski definition) is 1. The molecule has 4 rings (SSSR count). The molecule has 2 amide bonds. The molecular weight excluding hydrogens is 330 g/mol.